The minimum Gasteiger partial charge on any atom is -0.383 e. The van der Waals surface area contributed by atoms with Crippen molar-refractivity contribution in [3.8, 4) is 0 Å². The second-order valence-corrected chi connectivity index (χ2v) is 5.05. The summed E-state index contributed by atoms with van der Waals surface area (Å²) < 4.78 is 0. The first-order chi connectivity index (χ1) is 9.52. The number of nitrogens with two attached hydrogens (primary N) is 1. The van der Waals surface area contributed by atoms with Crippen LogP contribution in [0.3, 0.4) is 0 Å². The van der Waals surface area contributed by atoms with Gasteiger partial charge in [-0.15, -0.1) is 0 Å². The highest BCUT2D eigenvalue weighted by atomic mass is 16.6. The fraction of sp³-hybridized carbons (Fsp3) is 0.538. The molecule has 0 radical (unpaired) electrons. The Hall–Kier alpha value is -2.18. The summed E-state index contributed by atoms with van der Waals surface area (Å²) in [4.78, 5) is 28.1. The van der Waals surface area contributed by atoms with E-state index in [2.05, 4.69) is 11.9 Å². The van der Waals surface area contributed by atoms with Crippen LogP contribution in [0.25, 0.3) is 0 Å². The molecular formula is C13H18N4O3. The van der Waals surface area contributed by atoms with E-state index in [4.69, 9.17) is 5.73 Å². The van der Waals surface area contributed by atoms with Gasteiger partial charge in [-0.05, 0) is 18.8 Å². The van der Waals surface area contributed by atoms with Crippen LogP contribution in [0.2, 0.25) is 0 Å². The Morgan fingerprint density at radius 2 is 2.40 bits per heavy atom. The number of hydrogen-bond acceptors (Lipinski definition) is 5. The molecule has 1 amide bonds. The molecule has 0 spiro atoms. The summed E-state index contributed by atoms with van der Waals surface area (Å²) in [5.74, 6) is 0.261. The molecule has 0 aliphatic carbocycles. The van der Waals surface area contributed by atoms with Gasteiger partial charge in [0.15, 0.2) is 0 Å². The van der Waals surface area contributed by atoms with Crippen molar-refractivity contribution in [2.75, 3.05) is 18.8 Å². The SMILES string of the molecule is CCC1CCCN(C(=O)c2cc([N+](=O)[O-])cnc2N)C1. The maximum Gasteiger partial charge on any atom is 0.288 e. The maximum absolute atomic E-state index is 12.4. The molecule has 2 heterocycles. The van der Waals surface area contributed by atoms with Crippen molar-refractivity contribution >= 4 is 17.4 Å². The number of piperidine rings is 1. The summed E-state index contributed by atoms with van der Waals surface area (Å²) in [6, 6.07) is 1.21. The number of carbonyl (C=O) groups excluding carboxylic acids is 1. The molecule has 1 unspecified atom stereocenters. The summed E-state index contributed by atoms with van der Waals surface area (Å²) in [6.07, 6.45) is 4.15. The van der Waals surface area contributed by atoms with Gasteiger partial charge in [0.2, 0.25) is 0 Å². The summed E-state index contributed by atoms with van der Waals surface area (Å²) in [5, 5.41) is 10.8. The van der Waals surface area contributed by atoms with Crippen LogP contribution in [0.15, 0.2) is 12.3 Å². The molecule has 108 valence electrons. The van der Waals surface area contributed by atoms with Crippen molar-refractivity contribution in [3.63, 3.8) is 0 Å². The van der Waals surface area contributed by atoms with E-state index in [1.807, 2.05) is 0 Å². The van der Waals surface area contributed by atoms with E-state index in [1.165, 1.54) is 6.07 Å². The number of likely N-dealkylation sites (tertiary alicyclic amines) is 1. The standard InChI is InChI=1S/C13H18N4O3/c1-2-9-4-3-5-16(8-9)13(18)11-6-10(17(19)20)7-15-12(11)14/h6-7,9H,2-5,8H2,1H3,(H2,14,15). The zero-order valence-electron chi connectivity index (χ0n) is 11.4. The van der Waals surface area contributed by atoms with Gasteiger partial charge in [0, 0.05) is 19.2 Å². The van der Waals surface area contributed by atoms with Crippen LogP contribution >= 0.6 is 0 Å². The zero-order valence-corrected chi connectivity index (χ0v) is 11.4. The molecule has 1 saturated heterocycles. The van der Waals surface area contributed by atoms with Gasteiger partial charge in [-0.1, -0.05) is 13.3 Å². The van der Waals surface area contributed by atoms with Crippen LogP contribution in [0.5, 0.6) is 0 Å². The summed E-state index contributed by atoms with van der Waals surface area (Å²) in [7, 11) is 0. The van der Waals surface area contributed by atoms with E-state index in [-0.39, 0.29) is 23.0 Å². The van der Waals surface area contributed by atoms with Crippen molar-refractivity contribution in [1.29, 1.82) is 0 Å². The molecule has 1 aromatic heterocycles. The summed E-state index contributed by atoms with van der Waals surface area (Å²) in [5.41, 5.74) is 5.59. The Morgan fingerprint density at radius 3 is 3.05 bits per heavy atom. The number of anilines is 1. The van der Waals surface area contributed by atoms with Crippen LogP contribution in [0, 0.1) is 16.0 Å². The second kappa shape index (κ2) is 5.85. The number of pyridine rings is 1. The van der Waals surface area contributed by atoms with E-state index < -0.39 is 4.92 Å². The molecule has 2 rings (SSSR count). The van der Waals surface area contributed by atoms with Gasteiger partial charge in [0.1, 0.15) is 12.0 Å². The first-order valence-electron chi connectivity index (χ1n) is 6.72. The highest BCUT2D eigenvalue weighted by Crippen LogP contribution is 2.23. The van der Waals surface area contributed by atoms with Crippen molar-refractivity contribution in [3.05, 3.63) is 27.9 Å². The van der Waals surface area contributed by atoms with Crippen molar-refractivity contribution < 1.29 is 9.72 Å². The lowest BCUT2D eigenvalue weighted by Gasteiger charge is -2.32. The molecule has 7 nitrogen and oxygen atoms in total. The predicted octanol–water partition coefficient (Wildman–Crippen LogP) is 1.83. The monoisotopic (exact) mass is 278 g/mol. The molecule has 7 heteroatoms. The molecule has 0 saturated carbocycles. The Kier molecular flexibility index (Phi) is 4.16. The third-order valence-corrected chi connectivity index (χ3v) is 3.73. The van der Waals surface area contributed by atoms with Gasteiger partial charge in [-0.2, -0.15) is 0 Å². The van der Waals surface area contributed by atoms with E-state index in [0.29, 0.717) is 19.0 Å². The van der Waals surface area contributed by atoms with Crippen LogP contribution in [0.1, 0.15) is 36.5 Å². The maximum atomic E-state index is 12.4. The first kappa shape index (κ1) is 14.2. The van der Waals surface area contributed by atoms with Crippen molar-refractivity contribution in [2.45, 2.75) is 26.2 Å². The molecule has 0 bridgehead atoms. The molecule has 1 aromatic rings. The number of carbonyl (C=O) groups is 1. The highest BCUT2D eigenvalue weighted by molar-refractivity contribution is 5.98. The lowest BCUT2D eigenvalue weighted by Crippen LogP contribution is -2.40. The van der Waals surface area contributed by atoms with Crippen LogP contribution in [-0.4, -0.2) is 33.8 Å². The minimum atomic E-state index is -0.575. The number of nitro groups is 1. The number of rotatable bonds is 3. The van der Waals surface area contributed by atoms with Crippen LogP contribution in [0.4, 0.5) is 11.5 Å². The van der Waals surface area contributed by atoms with Crippen molar-refractivity contribution in [1.82, 2.24) is 9.88 Å². The molecule has 0 aromatic carbocycles. The highest BCUT2D eigenvalue weighted by Gasteiger charge is 2.26. The summed E-state index contributed by atoms with van der Waals surface area (Å²) in [6.45, 7) is 3.44. The van der Waals surface area contributed by atoms with Gasteiger partial charge in [0.25, 0.3) is 11.6 Å². The second-order valence-electron chi connectivity index (χ2n) is 5.05. The number of aromatic nitrogens is 1. The lowest BCUT2D eigenvalue weighted by molar-refractivity contribution is -0.385. The van der Waals surface area contributed by atoms with Gasteiger partial charge in [0.05, 0.1) is 10.5 Å². The third-order valence-electron chi connectivity index (χ3n) is 3.73. The summed E-state index contributed by atoms with van der Waals surface area (Å²) >= 11 is 0. The first-order valence-corrected chi connectivity index (χ1v) is 6.72. The van der Waals surface area contributed by atoms with Crippen LogP contribution in [-0.2, 0) is 0 Å². The molecule has 1 fully saturated rings. The average molecular weight is 278 g/mol. The van der Waals surface area contributed by atoms with E-state index >= 15 is 0 Å². The Balaban J connectivity index is 2.24. The molecule has 2 N–H and O–H groups in total. The molecule has 1 aliphatic heterocycles. The van der Waals surface area contributed by atoms with Gasteiger partial charge in [-0.3, -0.25) is 14.9 Å². The fourth-order valence-corrected chi connectivity index (χ4v) is 2.49. The predicted molar refractivity (Wildman–Crippen MR) is 74.2 cm³/mol. The van der Waals surface area contributed by atoms with Gasteiger partial charge in [-0.25, -0.2) is 4.98 Å². The average Bonchev–Trinajstić information content (AvgIpc) is 2.46. The van der Waals surface area contributed by atoms with Crippen LogP contribution < -0.4 is 5.73 Å². The lowest BCUT2D eigenvalue weighted by atomic mass is 9.95. The molecule has 1 atom stereocenters. The topological polar surface area (TPSA) is 102 Å². The Bertz CT molecular complexity index is 532. The number of hydrogen-bond donors (Lipinski definition) is 1. The number of nitrogen functional groups attached to an aromatic ring is 1. The third kappa shape index (κ3) is 2.87. The van der Waals surface area contributed by atoms with E-state index in [0.717, 1.165) is 25.5 Å². The molecule has 1 aliphatic rings. The number of nitrogens with zero attached hydrogens (tertiary/aromatic N) is 3. The largest absolute Gasteiger partial charge is 0.383 e. The normalized spacial score (nSPS) is 18.9. The molecular weight excluding hydrogens is 260 g/mol. The fourth-order valence-electron chi connectivity index (χ4n) is 2.49. The Labute approximate surface area is 116 Å². The van der Waals surface area contributed by atoms with Crippen molar-refractivity contribution in [2.24, 2.45) is 5.92 Å². The zero-order chi connectivity index (χ0) is 14.7. The number of amides is 1. The molecule has 20 heavy (non-hydrogen) atoms. The van der Waals surface area contributed by atoms with E-state index in [9.17, 15) is 14.9 Å². The van der Waals surface area contributed by atoms with Gasteiger partial charge >= 0.3 is 0 Å². The Morgan fingerprint density at radius 1 is 1.65 bits per heavy atom. The quantitative estimate of drug-likeness (QED) is 0.671. The smallest absolute Gasteiger partial charge is 0.288 e. The van der Waals surface area contributed by atoms with E-state index in [1.54, 1.807) is 4.90 Å². The minimum absolute atomic E-state index is 0.0409. The van der Waals surface area contributed by atoms with Gasteiger partial charge < -0.3 is 10.6 Å².